The number of likely N-dealkylation sites (tertiary alicyclic amines) is 1. The maximum absolute atomic E-state index is 13.4. The molecule has 5 nitrogen and oxygen atoms in total. The Hall–Kier alpha value is -3.45. The van der Waals surface area contributed by atoms with Crippen LogP contribution in [-0.2, 0) is 16.1 Å². The van der Waals surface area contributed by atoms with Crippen LogP contribution in [0.4, 0.5) is 4.39 Å². The standard InChI is InChI=1S/C26H24FNO4S/c1-15(2)19-13-17(8-11-20(19)32-3)24(29)22-23(21-5-4-12-33-21)28(26(31)25(22)30)14-16-6-9-18(27)10-7-16/h4-13,15,23,29H,14H2,1-3H3/b24-22-. The predicted octanol–water partition coefficient (Wildman–Crippen LogP) is 5.64. The number of ether oxygens (including phenoxy) is 1. The van der Waals surface area contributed by atoms with E-state index >= 15 is 0 Å². The zero-order valence-corrected chi connectivity index (χ0v) is 19.4. The average Bonchev–Trinajstić information content (AvgIpc) is 3.42. The van der Waals surface area contributed by atoms with Gasteiger partial charge in [-0.25, -0.2) is 4.39 Å². The second-order valence-corrected chi connectivity index (χ2v) is 9.16. The summed E-state index contributed by atoms with van der Waals surface area (Å²) in [5.74, 6) is -1.23. The zero-order valence-electron chi connectivity index (χ0n) is 18.5. The van der Waals surface area contributed by atoms with Crippen LogP contribution in [0.3, 0.4) is 0 Å². The van der Waals surface area contributed by atoms with Gasteiger partial charge in [-0.05, 0) is 58.8 Å². The molecule has 0 aliphatic carbocycles. The molecular weight excluding hydrogens is 441 g/mol. The third-order valence-corrected chi connectivity index (χ3v) is 6.67. The molecule has 0 bridgehead atoms. The van der Waals surface area contributed by atoms with Crippen LogP contribution in [-0.4, -0.2) is 28.8 Å². The zero-order chi connectivity index (χ0) is 23.7. The van der Waals surface area contributed by atoms with Crippen molar-refractivity contribution in [1.29, 1.82) is 0 Å². The first-order valence-corrected chi connectivity index (χ1v) is 11.4. The molecule has 1 unspecified atom stereocenters. The van der Waals surface area contributed by atoms with Gasteiger partial charge >= 0.3 is 0 Å². The van der Waals surface area contributed by atoms with Crippen molar-refractivity contribution in [3.63, 3.8) is 0 Å². The summed E-state index contributed by atoms with van der Waals surface area (Å²) in [6.07, 6.45) is 0. The lowest BCUT2D eigenvalue weighted by molar-refractivity contribution is -0.140. The second-order valence-electron chi connectivity index (χ2n) is 8.18. The number of halogens is 1. The lowest BCUT2D eigenvalue weighted by Crippen LogP contribution is -2.28. The van der Waals surface area contributed by atoms with E-state index in [0.29, 0.717) is 16.9 Å². The minimum absolute atomic E-state index is 0.0458. The summed E-state index contributed by atoms with van der Waals surface area (Å²) in [5.41, 5.74) is 2.06. The molecule has 1 N–H and O–H groups in total. The van der Waals surface area contributed by atoms with Gasteiger partial charge in [0.15, 0.2) is 0 Å². The second kappa shape index (κ2) is 9.19. The van der Waals surface area contributed by atoms with Crippen molar-refractivity contribution in [3.05, 3.63) is 92.9 Å². The van der Waals surface area contributed by atoms with Crippen molar-refractivity contribution in [2.75, 3.05) is 7.11 Å². The highest BCUT2D eigenvalue weighted by atomic mass is 32.1. The third-order valence-electron chi connectivity index (χ3n) is 5.74. The Bertz CT molecular complexity index is 1220. The molecule has 3 aromatic rings. The Morgan fingerprint density at radius 3 is 2.48 bits per heavy atom. The molecule has 1 aliphatic heterocycles. The van der Waals surface area contributed by atoms with Gasteiger partial charge in [-0.15, -0.1) is 11.3 Å². The topological polar surface area (TPSA) is 66.8 Å². The number of methoxy groups -OCH3 is 1. The van der Waals surface area contributed by atoms with Crippen LogP contribution in [0.15, 0.2) is 65.6 Å². The van der Waals surface area contributed by atoms with Crippen molar-refractivity contribution >= 4 is 28.8 Å². The molecule has 0 spiro atoms. The Morgan fingerprint density at radius 2 is 1.88 bits per heavy atom. The van der Waals surface area contributed by atoms with E-state index in [4.69, 9.17) is 4.74 Å². The smallest absolute Gasteiger partial charge is 0.295 e. The van der Waals surface area contributed by atoms with E-state index in [1.807, 2.05) is 31.4 Å². The molecule has 170 valence electrons. The SMILES string of the molecule is COc1ccc(/C(O)=C2/C(=O)C(=O)N(Cc3ccc(F)cc3)C2c2cccs2)cc1C(C)C. The highest BCUT2D eigenvalue weighted by molar-refractivity contribution is 7.10. The maximum atomic E-state index is 13.4. The number of Topliss-reactive ketones (excluding diaryl/α,β-unsaturated/α-hetero) is 1. The molecule has 1 aliphatic rings. The number of benzene rings is 2. The third kappa shape index (κ3) is 4.28. The summed E-state index contributed by atoms with van der Waals surface area (Å²) in [6.45, 7) is 4.13. The van der Waals surface area contributed by atoms with Crippen molar-refractivity contribution in [2.24, 2.45) is 0 Å². The van der Waals surface area contributed by atoms with Gasteiger partial charge in [-0.2, -0.15) is 0 Å². The van der Waals surface area contributed by atoms with E-state index in [1.165, 1.54) is 28.4 Å². The number of hydrogen-bond donors (Lipinski definition) is 1. The van der Waals surface area contributed by atoms with Crippen LogP contribution in [0.5, 0.6) is 5.75 Å². The number of nitrogens with zero attached hydrogens (tertiary/aromatic N) is 1. The largest absolute Gasteiger partial charge is 0.507 e. The van der Waals surface area contributed by atoms with Gasteiger partial charge in [0.25, 0.3) is 11.7 Å². The lowest BCUT2D eigenvalue weighted by atomic mass is 9.95. The van der Waals surface area contributed by atoms with Gasteiger partial charge in [0.05, 0.1) is 18.7 Å². The van der Waals surface area contributed by atoms with Crippen molar-refractivity contribution in [2.45, 2.75) is 32.4 Å². The van der Waals surface area contributed by atoms with Crippen LogP contribution in [0.2, 0.25) is 0 Å². The van der Waals surface area contributed by atoms with E-state index in [-0.39, 0.29) is 29.6 Å². The van der Waals surface area contributed by atoms with Gasteiger partial charge in [0.1, 0.15) is 17.3 Å². The summed E-state index contributed by atoms with van der Waals surface area (Å²) in [7, 11) is 1.58. The molecule has 1 atom stereocenters. The predicted molar refractivity (Wildman–Crippen MR) is 126 cm³/mol. The number of hydrogen-bond acceptors (Lipinski definition) is 5. The molecule has 1 fully saturated rings. The van der Waals surface area contributed by atoms with Crippen LogP contribution in [0.25, 0.3) is 5.76 Å². The van der Waals surface area contributed by atoms with Crippen molar-refractivity contribution in [3.8, 4) is 5.75 Å². The minimum atomic E-state index is -0.741. The van der Waals surface area contributed by atoms with Gasteiger partial charge in [0.2, 0.25) is 0 Å². The molecule has 0 saturated carbocycles. The fourth-order valence-electron chi connectivity index (χ4n) is 4.06. The maximum Gasteiger partial charge on any atom is 0.295 e. The number of carbonyl (C=O) groups is 2. The molecule has 0 radical (unpaired) electrons. The summed E-state index contributed by atoms with van der Waals surface area (Å²) >= 11 is 1.40. The number of amides is 1. The first kappa shape index (κ1) is 22.7. The molecule has 1 amide bonds. The Morgan fingerprint density at radius 1 is 1.15 bits per heavy atom. The van der Waals surface area contributed by atoms with Gasteiger partial charge in [-0.1, -0.05) is 32.0 Å². The fraction of sp³-hybridized carbons (Fsp3) is 0.231. The molecule has 7 heteroatoms. The quantitative estimate of drug-likeness (QED) is 0.291. The average molecular weight is 466 g/mol. The molecule has 2 aromatic carbocycles. The number of aliphatic hydroxyl groups excluding tert-OH is 1. The Balaban J connectivity index is 1.83. The van der Waals surface area contributed by atoms with Gasteiger partial charge in [0, 0.05) is 17.0 Å². The number of carbonyl (C=O) groups excluding carboxylic acids is 2. The van der Waals surface area contributed by atoms with Crippen molar-refractivity contribution in [1.82, 2.24) is 4.90 Å². The number of ketones is 1. The van der Waals surface area contributed by atoms with Crippen molar-refractivity contribution < 1.29 is 23.8 Å². The first-order valence-electron chi connectivity index (χ1n) is 10.6. The first-order chi connectivity index (χ1) is 15.8. The molecule has 33 heavy (non-hydrogen) atoms. The highest BCUT2D eigenvalue weighted by Crippen LogP contribution is 2.42. The summed E-state index contributed by atoms with van der Waals surface area (Å²) in [5, 5.41) is 13.1. The van der Waals surface area contributed by atoms with E-state index in [0.717, 1.165) is 10.4 Å². The number of aliphatic hydroxyl groups is 1. The normalized spacial score (nSPS) is 17.7. The van der Waals surface area contributed by atoms with E-state index in [9.17, 15) is 19.1 Å². The van der Waals surface area contributed by atoms with Crippen LogP contribution >= 0.6 is 11.3 Å². The summed E-state index contributed by atoms with van der Waals surface area (Å²) in [4.78, 5) is 28.4. The molecule has 4 rings (SSSR count). The molecule has 1 aromatic heterocycles. The highest BCUT2D eigenvalue weighted by Gasteiger charge is 2.46. The minimum Gasteiger partial charge on any atom is -0.507 e. The number of rotatable bonds is 6. The van der Waals surface area contributed by atoms with E-state index < -0.39 is 17.7 Å². The van der Waals surface area contributed by atoms with Crippen LogP contribution < -0.4 is 4.74 Å². The Kier molecular flexibility index (Phi) is 6.33. The summed E-state index contributed by atoms with van der Waals surface area (Å²) < 4.78 is 18.8. The van der Waals surface area contributed by atoms with E-state index in [1.54, 1.807) is 37.4 Å². The van der Waals surface area contributed by atoms with Gasteiger partial charge in [-0.3, -0.25) is 9.59 Å². The lowest BCUT2D eigenvalue weighted by Gasteiger charge is -2.24. The van der Waals surface area contributed by atoms with Gasteiger partial charge < -0.3 is 14.7 Å². The fourth-order valence-corrected chi connectivity index (χ4v) is 4.91. The summed E-state index contributed by atoms with van der Waals surface area (Å²) in [6, 6.07) is 13.9. The van der Waals surface area contributed by atoms with Crippen LogP contribution in [0.1, 0.15) is 47.4 Å². The van der Waals surface area contributed by atoms with E-state index in [2.05, 4.69) is 0 Å². The Labute approximate surface area is 195 Å². The number of thiophene rings is 1. The molecule has 2 heterocycles. The molecule has 1 saturated heterocycles. The van der Waals surface area contributed by atoms with Crippen LogP contribution in [0, 0.1) is 5.82 Å². The monoisotopic (exact) mass is 465 g/mol. The molecular formula is C26H24FNO4S.